The molecule has 1 atom stereocenters. The molecule has 4 nitrogen and oxygen atoms in total. The van der Waals surface area contributed by atoms with Crippen LogP contribution in [0.2, 0.25) is 0 Å². The number of aryl methyl sites for hydroxylation is 1. The number of para-hydroxylation sites is 1. The average molecular weight is 274 g/mol. The Labute approximate surface area is 120 Å². The third-order valence-corrected chi connectivity index (χ3v) is 4.45. The molecule has 3 rings (SSSR count). The molecular weight excluding hydrogens is 252 g/mol. The number of amides is 1. The molecule has 20 heavy (non-hydrogen) atoms. The summed E-state index contributed by atoms with van der Waals surface area (Å²) in [6.07, 6.45) is 2.49. The lowest BCUT2D eigenvalue weighted by atomic mass is 9.96. The fourth-order valence-electron chi connectivity index (χ4n) is 3.13. The number of carbonyl (C=O) groups is 1. The number of benzene rings is 1. The first-order valence-corrected chi connectivity index (χ1v) is 7.45. The van der Waals surface area contributed by atoms with E-state index in [4.69, 9.17) is 0 Å². The molecule has 0 radical (unpaired) electrons. The third kappa shape index (κ3) is 2.52. The molecule has 108 valence electrons. The Hall–Kier alpha value is -1.55. The van der Waals surface area contributed by atoms with Crippen molar-refractivity contribution in [3.8, 4) is 0 Å². The highest BCUT2D eigenvalue weighted by Gasteiger charge is 2.29. The van der Waals surface area contributed by atoms with Gasteiger partial charge in [0, 0.05) is 37.8 Å². The van der Waals surface area contributed by atoms with Crippen LogP contribution in [0.4, 0.5) is 5.69 Å². The summed E-state index contributed by atoms with van der Waals surface area (Å²) in [5.41, 5.74) is 2.67. The van der Waals surface area contributed by atoms with Crippen molar-refractivity contribution < 1.29 is 9.90 Å². The Balaban J connectivity index is 1.63. The van der Waals surface area contributed by atoms with E-state index in [1.54, 1.807) is 4.90 Å². The van der Waals surface area contributed by atoms with Gasteiger partial charge in [0.05, 0.1) is 6.10 Å². The maximum absolute atomic E-state index is 12.0. The highest BCUT2D eigenvalue weighted by atomic mass is 16.3. The van der Waals surface area contributed by atoms with E-state index in [0.717, 1.165) is 19.4 Å². The van der Waals surface area contributed by atoms with Gasteiger partial charge in [0.15, 0.2) is 0 Å². The van der Waals surface area contributed by atoms with E-state index in [1.165, 1.54) is 11.3 Å². The molecule has 2 heterocycles. The summed E-state index contributed by atoms with van der Waals surface area (Å²) in [5, 5.41) is 9.25. The van der Waals surface area contributed by atoms with Gasteiger partial charge in [-0.05, 0) is 31.4 Å². The Bertz CT molecular complexity index is 497. The SMILES string of the molecule is CC1CCc2ccccc2N1CCC(=O)N1CC(O)C1. The van der Waals surface area contributed by atoms with Crippen LogP contribution in [0.25, 0.3) is 0 Å². The van der Waals surface area contributed by atoms with Gasteiger partial charge in [0.25, 0.3) is 0 Å². The van der Waals surface area contributed by atoms with Crippen LogP contribution in [-0.4, -0.2) is 47.7 Å². The minimum absolute atomic E-state index is 0.158. The van der Waals surface area contributed by atoms with E-state index in [0.29, 0.717) is 25.6 Å². The summed E-state index contributed by atoms with van der Waals surface area (Å²) in [5.74, 6) is 0.158. The Morgan fingerprint density at radius 1 is 1.35 bits per heavy atom. The highest BCUT2D eigenvalue weighted by molar-refractivity contribution is 5.78. The largest absolute Gasteiger partial charge is 0.389 e. The molecule has 1 aromatic rings. The molecule has 1 aromatic carbocycles. The van der Waals surface area contributed by atoms with Crippen molar-refractivity contribution in [3.05, 3.63) is 29.8 Å². The molecule has 0 spiro atoms. The first-order valence-electron chi connectivity index (χ1n) is 7.45. The number of rotatable bonds is 3. The van der Waals surface area contributed by atoms with Gasteiger partial charge in [0.2, 0.25) is 5.91 Å². The van der Waals surface area contributed by atoms with Gasteiger partial charge < -0.3 is 14.9 Å². The van der Waals surface area contributed by atoms with E-state index in [9.17, 15) is 9.90 Å². The van der Waals surface area contributed by atoms with Gasteiger partial charge in [0.1, 0.15) is 0 Å². The van der Waals surface area contributed by atoms with Crippen molar-refractivity contribution in [2.24, 2.45) is 0 Å². The average Bonchev–Trinajstić information content (AvgIpc) is 2.42. The quantitative estimate of drug-likeness (QED) is 0.906. The lowest BCUT2D eigenvalue weighted by Gasteiger charge is -2.39. The van der Waals surface area contributed by atoms with Gasteiger partial charge in [-0.1, -0.05) is 18.2 Å². The van der Waals surface area contributed by atoms with Crippen molar-refractivity contribution in [1.29, 1.82) is 0 Å². The highest BCUT2D eigenvalue weighted by Crippen LogP contribution is 2.30. The number of hydrogen-bond donors (Lipinski definition) is 1. The van der Waals surface area contributed by atoms with E-state index >= 15 is 0 Å². The predicted octanol–water partition coefficient (Wildman–Crippen LogP) is 1.42. The van der Waals surface area contributed by atoms with E-state index in [2.05, 4.69) is 36.1 Å². The monoisotopic (exact) mass is 274 g/mol. The standard InChI is InChI=1S/C16H22N2O2/c1-12-6-7-13-4-2-3-5-15(13)18(12)9-8-16(20)17-10-14(19)11-17/h2-5,12,14,19H,6-11H2,1H3. The molecule has 1 fully saturated rings. The molecular formula is C16H22N2O2. The molecule has 0 aliphatic carbocycles. The second kappa shape index (κ2) is 5.44. The summed E-state index contributed by atoms with van der Waals surface area (Å²) in [7, 11) is 0. The number of nitrogens with zero attached hydrogens (tertiary/aromatic N) is 2. The third-order valence-electron chi connectivity index (χ3n) is 4.45. The van der Waals surface area contributed by atoms with Gasteiger partial charge in [-0.3, -0.25) is 4.79 Å². The molecule has 2 aliphatic rings. The van der Waals surface area contributed by atoms with Crippen molar-refractivity contribution in [3.63, 3.8) is 0 Å². The fraction of sp³-hybridized carbons (Fsp3) is 0.562. The molecule has 0 saturated carbocycles. The first kappa shape index (κ1) is 13.4. The topological polar surface area (TPSA) is 43.8 Å². The van der Waals surface area contributed by atoms with Gasteiger partial charge >= 0.3 is 0 Å². The van der Waals surface area contributed by atoms with Crippen LogP contribution in [0.5, 0.6) is 0 Å². The van der Waals surface area contributed by atoms with Crippen LogP contribution in [0.3, 0.4) is 0 Å². The number of β-amino-alcohol motifs (C(OH)–C–C–N with tert-alkyl or cyclic N) is 1. The van der Waals surface area contributed by atoms with Crippen LogP contribution in [-0.2, 0) is 11.2 Å². The molecule has 0 aromatic heterocycles. The van der Waals surface area contributed by atoms with Crippen molar-refractivity contribution in [1.82, 2.24) is 4.90 Å². The smallest absolute Gasteiger partial charge is 0.224 e. The number of aliphatic hydroxyl groups is 1. The number of carbonyl (C=O) groups excluding carboxylic acids is 1. The predicted molar refractivity (Wildman–Crippen MR) is 78.8 cm³/mol. The lowest BCUT2D eigenvalue weighted by molar-refractivity contribution is -0.141. The number of anilines is 1. The Morgan fingerprint density at radius 2 is 2.10 bits per heavy atom. The zero-order valence-electron chi connectivity index (χ0n) is 12.0. The van der Waals surface area contributed by atoms with Crippen LogP contribution in [0.15, 0.2) is 24.3 Å². The summed E-state index contributed by atoms with van der Waals surface area (Å²) >= 11 is 0. The van der Waals surface area contributed by atoms with Gasteiger partial charge in [-0.25, -0.2) is 0 Å². The molecule has 1 amide bonds. The lowest BCUT2D eigenvalue weighted by Crippen LogP contribution is -2.54. The number of likely N-dealkylation sites (tertiary alicyclic amines) is 1. The van der Waals surface area contributed by atoms with Crippen molar-refractivity contribution in [2.75, 3.05) is 24.5 Å². The number of fused-ring (bicyclic) bond motifs is 1. The van der Waals surface area contributed by atoms with E-state index in [1.807, 2.05) is 0 Å². The zero-order valence-corrected chi connectivity index (χ0v) is 12.0. The summed E-state index contributed by atoms with van der Waals surface area (Å²) in [6.45, 7) is 4.01. The number of hydrogen-bond acceptors (Lipinski definition) is 3. The zero-order chi connectivity index (χ0) is 14.1. The summed E-state index contributed by atoms with van der Waals surface area (Å²) in [6, 6.07) is 8.97. The molecule has 1 unspecified atom stereocenters. The normalized spacial score (nSPS) is 22.4. The minimum atomic E-state index is -0.311. The van der Waals surface area contributed by atoms with Gasteiger partial charge in [-0.15, -0.1) is 0 Å². The van der Waals surface area contributed by atoms with Crippen molar-refractivity contribution >= 4 is 11.6 Å². The Morgan fingerprint density at radius 3 is 2.85 bits per heavy atom. The van der Waals surface area contributed by atoms with Crippen LogP contribution in [0.1, 0.15) is 25.3 Å². The minimum Gasteiger partial charge on any atom is -0.389 e. The molecule has 4 heteroatoms. The van der Waals surface area contributed by atoms with Gasteiger partial charge in [-0.2, -0.15) is 0 Å². The second-order valence-corrected chi connectivity index (χ2v) is 5.91. The Kier molecular flexibility index (Phi) is 3.66. The summed E-state index contributed by atoms with van der Waals surface area (Å²) < 4.78 is 0. The van der Waals surface area contributed by atoms with Crippen LogP contribution in [0, 0.1) is 0 Å². The van der Waals surface area contributed by atoms with E-state index < -0.39 is 0 Å². The van der Waals surface area contributed by atoms with Crippen LogP contribution >= 0.6 is 0 Å². The molecule has 1 N–H and O–H groups in total. The summed E-state index contributed by atoms with van der Waals surface area (Å²) in [4.78, 5) is 16.1. The fourth-order valence-corrected chi connectivity index (χ4v) is 3.13. The molecule has 2 aliphatic heterocycles. The molecule has 1 saturated heterocycles. The van der Waals surface area contributed by atoms with E-state index in [-0.39, 0.29) is 12.0 Å². The molecule has 0 bridgehead atoms. The second-order valence-electron chi connectivity index (χ2n) is 5.91. The first-order chi connectivity index (χ1) is 9.65. The van der Waals surface area contributed by atoms with Crippen molar-refractivity contribution in [2.45, 2.75) is 38.3 Å². The maximum atomic E-state index is 12.0. The van der Waals surface area contributed by atoms with Crippen LogP contribution < -0.4 is 4.90 Å². The number of aliphatic hydroxyl groups excluding tert-OH is 1. The maximum Gasteiger partial charge on any atom is 0.224 e.